The molecule has 0 spiro atoms. The molecule has 6 nitrogen and oxygen atoms in total. The molecule has 188 valence electrons. The van der Waals surface area contributed by atoms with E-state index in [9.17, 15) is 27.9 Å². The molecule has 1 aliphatic heterocycles. The van der Waals surface area contributed by atoms with Crippen LogP contribution in [0.3, 0.4) is 0 Å². The van der Waals surface area contributed by atoms with E-state index in [1.165, 1.54) is 31.0 Å². The van der Waals surface area contributed by atoms with Crippen molar-refractivity contribution in [2.45, 2.75) is 65.3 Å². The lowest BCUT2D eigenvalue weighted by Gasteiger charge is -2.21. The molecule has 2 aromatic rings. The van der Waals surface area contributed by atoms with Gasteiger partial charge in [0.1, 0.15) is 5.75 Å². The molecular formula is C26H29F3N2O4. The quantitative estimate of drug-likeness (QED) is 0.490. The molecular weight excluding hydrogens is 461 g/mol. The van der Waals surface area contributed by atoms with Gasteiger partial charge in [0, 0.05) is 0 Å². The molecule has 0 unspecified atom stereocenters. The zero-order valence-corrected chi connectivity index (χ0v) is 20.1. The third kappa shape index (κ3) is 6.21. The van der Waals surface area contributed by atoms with Crippen molar-refractivity contribution >= 4 is 17.6 Å². The lowest BCUT2D eigenvalue weighted by atomic mass is 9.84. The maximum Gasteiger partial charge on any atom is 0.416 e. The minimum atomic E-state index is -4.41. The van der Waals surface area contributed by atoms with Gasteiger partial charge in [0.25, 0.3) is 5.91 Å². The Balaban J connectivity index is 1.59. The van der Waals surface area contributed by atoms with Crippen LogP contribution in [-0.2, 0) is 28.7 Å². The summed E-state index contributed by atoms with van der Waals surface area (Å²) in [6.07, 6.45) is -2.35. The number of nitrogens with zero attached hydrogens (tertiary/aromatic N) is 2. The topological polar surface area (TPSA) is 79.2 Å². The number of rotatable bonds is 9. The molecule has 0 radical (unpaired) electrons. The lowest BCUT2D eigenvalue weighted by Crippen LogP contribution is -2.37. The molecule has 1 amide bonds. The first-order chi connectivity index (χ1) is 16.2. The average Bonchev–Trinajstić information content (AvgIpc) is 2.97. The fourth-order valence-corrected chi connectivity index (χ4v) is 3.73. The van der Waals surface area contributed by atoms with Gasteiger partial charge in [-0.15, -0.1) is 0 Å². The molecule has 0 aromatic heterocycles. The largest absolute Gasteiger partial charge is 0.478 e. The predicted octanol–water partition coefficient (Wildman–Crippen LogP) is 5.69. The van der Waals surface area contributed by atoms with Gasteiger partial charge in [-0.1, -0.05) is 24.3 Å². The first-order valence-electron chi connectivity index (χ1n) is 11.3. The van der Waals surface area contributed by atoms with Crippen LogP contribution in [0.5, 0.6) is 5.75 Å². The van der Waals surface area contributed by atoms with Gasteiger partial charge in [0.15, 0.2) is 5.60 Å². The molecule has 0 aliphatic carbocycles. The summed E-state index contributed by atoms with van der Waals surface area (Å²) in [4.78, 5) is 24.1. The van der Waals surface area contributed by atoms with Crippen LogP contribution in [0.2, 0.25) is 0 Å². The Morgan fingerprint density at radius 1 is 1.00 bits per heavy atom. The number of hydrogen-bond acceptors (Lipinski definition) is 4. The number of carboxylic acid groups (broad SMARTS) is 1. The van der Waals surface area contributed by atoms with Gasteiger partial charge in [0.2, 0.25) is 0 Å². The van der Waals surface area contributed by atoms with Crippen LogP contribution in [0.15, 0.2) is 53.6 Å². The number of amides is 1. The number of hydrogen-bond donors (Lipinski definition) is 1. The van der Waals surface area contributed by atoms with E-state index in [0.29, 0.717) is 17.7 Å². The zero-order chi connectivity index (χ0) is 26.0. The number of aliphatic carboxylic acids is 1. The fourth-order valence-electron chi connectivity index (χ4n) is 3.73. The van der Waals surface area contributed by atoms with Crippen molar-refractivity contribution < 1.29 is 32.6 Å². The second-order valence-electron chi connectivity index (χ2n) is 9.64. The Morgan fingerprint density at radius 2 is 1.57 bits per heavy atom. The Labute approximate surface area is 202 Å². The number of aryl methyl sites for hydroxylation is 1. The van der Waals surface area contributed by atoms with Crippen molar-refractivity contribution in [3.63, 3.8) is 0 Å². The number of carboxylic acids is 1. The van der Waals surface area contributed by atoms with Gasteiger partial charge >= 0.3 is 12.1 Å². The highest BCUT2D eigenvalue weighted by atomic mass is 19.4. The molecule has 9 heteroatoms. The van der Waals surface area contributed by atoms with Crippen molar-refractivity contribution in [3.8, 4) is 5.75 Å². The van der Waals surface area contributed by atoms with Crippen molar-refractivity contribution in [1.29, 1.82) is 0 Å². The first-order valence-corrected chi connectivity index (χ1v) is 11.3. The molecule has 0 saturated carbocycles. The summed E-state index contributed by atoms with van der Waals surface area (Å²) in [5, 5.41) is 15.0. The summed E-state index contributed by atoms with van der Waals surface area (Å²) in [6, 6.07) is 11.9. The van der Waals surface area contributed by atoms with E-state index < -0.39 is 28.7 Å². The molecule has 0 fully saturated rings. The highest BCUT2D eigenvalue weighted by Crippen LogP contribution is 2.33. The Kier molecular flexibility index (Phi) is 7.29. The minimum absolute atomic E-state index is 0.109. The van der Waals surface area contributed by atoms with E-state index in [4.69, 9.17) is 4.74 Å². The summed E-state index contributed by atoms with van der Waals surface area (Å²) >= 11 is 0. The van der Waals surface area contributed by atoms with Crippen LogP contribution >= 0.6 is 0 Å². The van der Waals surface area contributed by atoms with Gasteiger partial charge in [-0.25, -0.2) is 9.80 Å². The van der Waals surface area contributed by atoms with Crippen molar-refractivity contribution in [2.24, 2.45) is 10.5 Å². The summed E-state index contributed by atoms with van der Waals surface area (Å²) in [5.41, 5.74) is -0.505. The summed E-state index contributed by atoms with van der Waals surface area (Å²) < 4.78 is 43.9. The smallest absolute Gasteiger partial charge is 0.416 e. The number of benzene rings is 2. The van der Waals surface area contributed by atoms with Gasteiger partial charge in [-0.05, 0) is 82.3 Å². The summed E-state index contributed by atoms with van der Waals surface area (Å²) in [6.45, 7) is 6.68. The lowest BCUT2D eigenvalue weighted by molar-refractivity contribution is -0.152. The number of hydrazone groups is 1. The van der Waals surface area contributed by atoms with Crippen LogP contribution in [0.1, 0.15) is 57.2 Å². The monoisotopic (exact) mass is 490 g/mol. The van der Waals surface area contributed by atoms with Crippen molar-refractivity contribution in [3.05, 3.63) is 65.2 Å². The van der Waals surface area contributed by atoms with E-state index >= 15 is 0 Å². The minimum Gasteiger partial charge on any atom is -0.478 e. The normalized spacial score (nSPS) is 15.8. The molecule has 1 N–H and O–H groups in total. The highest BCUT2D eigenvalue weighted by Gasteiger charge is 2.42. The Bertz CT molecular complexity index is 1100. The Morgan fingerprint density at radius 3 is 2.11 bits per heavy atom. The van der Waals surface area contributed by atoms with Crippen molar-refractivity contribution in [1.82, 2.24) is 5.01 Å². The molecule has 0 atom stereocenters. The van der Waals surface area contributed by atoms with Crippen LogP contribution in [0, 0.1) is 5.41 Å². The maximum atomic E-state index is 12.9. The van der Waals surface area contributed by atoms with E-state index in [-0.39, 0.29) is 12.5 Å². The third-order valence-corrected chi connectivity index (χ3v) is 6.04. The molecule has 35 heavy (non-hydrogen) atoms. The highest BCUT2D eigenvalue weighted by molar-refractivity contribution is 6.11. The molecule has 2 aromatic carbocycles. The van der Waals surface area contributed by atoms with Gasteiger partial charge in [0.05, 0.1) is 23.2 Å². The number of ether oxygens (including phenoxy) is 1. The molecule has 0 bridgehead atoms. The SMILES string of the molecule is CC(C)(Oc1ccc(CCCC2=NN(Cc3ccc(C(F)(F)F)cc3)C(=O)C2(C)C)cc1)C(=O)O. The number of carbonyl (C=O) groups excluding carboxylic acids is 1. The van der Waals surface area contributed by atoms with E-state index in [1.54, 1.807) is 26.0 Å². The predicted molar refractivity (Wildman–Crippen MR) is 125 cm³/mol. The molecule has 1 aliphatic rings. The zero-order valence-electron chi connectivity index (χ0n) is 20.1. The van der Waals surface area contributed by atoms with Crippen molar-refractivity contribution in [2.75, 3.05) is 0 Å². The van der Waals surface area contributed by atoms with Crippen LogP contribution < -0.4 is 4.74 Å². The molecule has 1 heterocycles. The number of carbonyl (C=O) groups is 2. The standard InChI is InChI=1S/C26H29F3N2O4/c1-24(2)21(7-5-6-17-10-14-20(15-11-17)35-25(3,4)23(33)34)30-31(22(24)32)16-18-8-12-19(13-9-18)26(27,28)29/h8-15H,5-7,16H2,1-4H3,(H,33,34). The maximum absolute atomic E-state index is 12.9. The summed E-state index contributed by atoms with van der Waals surface area (Å²) in [7, 11) is 0. The van der Waals surface area contributed by atoms with Gasteiger partial charge in [-0.2, -0.15) is 18.3 Å². The second kappa shape index (κ2) is 9.71. The van der Waals surface area contributed by atoms with Gasteiger partial charge in [-0.3, -0.25) is 4.79 Å². The number of alkyl halides is 3. The number of halogens is 3. The second-order valence-corrected chi connectivity index (χ2v) is 9.64. The Hall–Kier alpha value is -3.36. The first kappa shape index (κ1) is 26.2. The van der Waals surface area contributed by atoms with E-state index in [2.05, 4.69) is 5.10 Å². The fraction of sp³-hybridized carbons (Fsp3) is 0.423. The van der Waals surface area contributed by atoms with Crippen LogP contribution in [0.4, 0.5) is 13.2 Å². The molecule has 3 rings (SSSR count). The van der Waals surface area contributed by atoms with E-state index in [0.717, 1.165) is 36.2 Å². The summed E-state index contributed by atoms with van der Waals surface area (Å²) in [5.74, 6) is -0.773. The van der Waals surface area contributed by atoms with Crippen LogP contribution in [-0.4, -0.2) is 33.3 Å². The average molecular weight is 491 g/mol. The van der Waals surface area contributed by atoms with Crippen LogP contribution in [0.25, 0.3) is 0 Å². The van der Waals surface area contributed by atoms with Gasteiger partial charge < -0.3 is 9.84 Å². The third-order valence-electron chi connectivity index (χ3n) is 6.04. The molecule has 0 saturated heterocycles. The van der Waals surface area contributed by atoms with E-state index in [1.807, 2.05) is 12.1 Å².